The van der Waals surface area contributed by atoms with E-state index in [1.54, 1.807) is 0 Å². The molecule has 2 heterocycles. The van der Waals surface area contributed by atoms with Crippen molar-refractivity contribution in [3.05, 3.63) is 37.3 Å². The predicted molar refractivity (Wildman–Crippen MR) is 75.9 cm³/mol. The number of nitro groups is 1. The summed E-state index contributed by atoms with van der Waals surface area (Å²) in [6.45, 7) is 3.65. The zero-order valence-electron chi connectivity index (χ0n) is 10.5. The number of H-pyrrole nitrogens is 1. The molecule has 0 radical (unpaired) electrons. The lowest BCUT2D eigenvalue weighted by Crippen LogP contribution is -2.19. The smallest absolute Gasteiger partial charge is 0.267 e. The highest BCUT2D eigenvalue weighted by Crippen LogP contribution is 2.33. The standard InChI is InChI=1S/C10H10BrN5O3S/c1-5(2)15-9(17)13-14-10(15)20-8-7(16(18)19)3-6(11)4-12-8/h3-5H,1-2H3,(H,13,17). The average Bonchev–Trinajstić information content (AvgIpc) is 2.72. The van der Waals surface area contributed by atoms with Crippen LogP contribution in [0.1, 0.15) is 19.9 Å². The number of hydrogen-bond donors (Lipinski definition) is 1. The molecule has 0 spiro atoms. The second-order valence-electron chi connectivity index (χ2n) is 4.11. The first-order valence-corrected chi connectivity index (χ1v) is 7.15. The molecule has 20 heavy (non-hydrogen) atoms. The molecule has 10 heteroatoms. The van der Waals surface area contributed by atoms with Crippen molar-refractivity contribution in [3.63, 3.8) is 0 Å². The van der Waals surface area contributed by atoms with Gasteiger partial charge in [-0.2, -0.15) is 0 Å². The van der Waals surface area contributed by atoms with Crippen LogP contribution < -0.4 is 5.69 Å². The van der Waals surface area contributed by atoms with Crippen molar-refractivity contribution < 1.29 is 4.92 Å². The largest absolute Gasteiger partial charge is 0.344 e. The summed E-state index contributed by atoms with van der Waals surface area (Å²) < 4.78 is 1.93. The molecule has 2 aromatic rings. The Kier molecular flexibility index (Phi) is 4.23. The molecule has 0 saturated heterocycles. The average molecular weight is 360 g/mol. The van der Waals surface area contributed by atoms with Crippen LogP contribution in [-0.2, 0) is 0 Å². The summed E-state index contributed by atoms with van der Waals surface area (Å²) in [6, 6.07) is 1.25. The second kappa shape index (κ2) is 5.75. The van der Waals surface area contributed by atoms with Crippen LogP contribution in [0.4, 0.5) is 5.69 Å². The lowest BCUT2D eigenvalue weighted by Gasteiger charge is -2.08. The SMILES string of the molecule is CC(C)n1c(Sc2ncc(Br)cc2[N+](=O)[O-])n[nH]c1=O. The molecular formula is C10H10BrN5O3S. The van der Waals surface area contributed by atoms with Gasteiger partial charge in [-0.25, -0.2) is 14.9 Å². The van der Waals surface area contributed by atoms with E-state index >= 15 is 0 Å². The van der Waals surface area contributed by atoms with Crippen molar-refractivity contribution in [2.24, 2.45) is 0 Å². The molecule has 106 valence electrons. The van der Waals surface area contributed by atoms with Gasteiger partial charge in [0.05, 0.1) is 4.92 Å². The summed E-state index contributed by atoms with van der Waals surface area (Å²) in [6.07, 6.45) is 1.46. The van der Waals surface area contributed by atoms with Gasteiger partial charge in [0.25, 0.3) is 0 Å². The number of nitrogens with zero attached hydrogens (tertiary/aromatic N) is 4. The molecule has 0 aliphatic rings. The molecule has 0 fully saturated rings. The maximum atomic E-state index is 11.6. The number of pyridine rings is 1. The third kappa shape index (κ3) is 2.90. The van der Waals surface area contributed by atoms with Crippen LogP contribution in [0.3, 0.4) is 0 Å². The van der Waals surface area contributed by atoms with E-state index < -0.39 is 4.92 Å². The fourth-order valence-electron chi connectivity index (χ4n) is 1.53. The van der Waals surface area contributed by atoms with Crippen molar-refractivity contribution in [2.45, 2.75) is 30.1 Å². The molecule has 0 amide bonds. The monoisotopic (exact) mass is 359 g/mol. The zero-order chi connectivity index (χ0) is 14.9. The molecule has 0 aliphatic carbocycles. The number of halogens is 1. The van der Waals surface area contributed by atoms with Gasteiger partial charge >= 0.3 is 11.4 Å². The number of aromatic nitrogens is 4. The molecule has 0 saturated carbocycles. The van der Waals surface area contributed by atoms with Crippen molar-refractivity contribution in [1.29, 1.82) is 0 Å². The van der Waals surface area contributed by atoms with Gasteiger partial charge in [-0.3, -0.25) is 14.7 Å². The minimum Gasteiger partial charge on any atom is -0.267 e. The van der Waals surface area contributed by atoms with Crippen LogP contribution in [0, 0.1) is 10.1 Å². The molecule has 1 N–H and O–H groups in total. The van der Waals surface area contributed by atoms with Gasteiger partial charge in [0.1, 0.15) is 0 Å². The Bertz CT molecular complexity index is 711. The molecule has 2 aromatic heterocycles. The van der Waals surface area contributed by atoms with E-state index in [0.29, 0.717) is 9.63 Å². The third-order valence-electron chi connectivity index (χ3n) is 2.37. The predicted octanol–water partition coefficient (Wildman–Crippen LogP) is 2.37. The quantitative estimate of drug-likeness (QED) is 0.663. The first-order valence-electron chi connectivity index (χ1n) is 5.55. The Morgan fingerprint density at radius 3 is 2.85 bits per heavy atom. The van der Waals surface area contributed by atoms with Gasteiger partial charge in [0, 0.05) is 22.8 Å². The van der Waals surface area contributed by atoms with Crippen LogP contribution >= 0.6 is 27.7 Å². The summed E-state index contributed by atoms with van der Waals surface area (Å²) in [4.78, 5) is 26.1. The van der Waals surface area contributed by atoms with Gasteiger partial charge in [0.2, 0.25) is 0 Å². The Morgan fingerprint density at radius 1 is 1.55 bits per heavy atom. The van der Waals surface area contributed by atoms with E-state index in [1.807, 2.05) is 13.8 Å². The summed E-state index contributed by atoms with van der Waals surface area (Å²) in [5, 5.41) is 17.7. The molecule has 0 unspecified atom stereocenters. The van der Waals surface area contributed by atoms with E-state index in [4.69, 9.17) is 0 Å². The molecule has 8 nitrogen and oxygen atoms in total. The highest BCUT2D eigenvalue weighted by Gasteiger charge is 2.21. The van der Waals surface area contributed by atoms with Crippen LogP contribution in [0.5, 0.6) is 0 Å². The lowest BCUT2D eigenvalue weighted by molar-refractivity contribution is -0.388. The van der Waals surface area contributed by atoms with E-state index in [9.17, 15) is 14.9 Å². The van der Waals surface area contributed by atoms with E-state index in [0.717, 1.165) is 11.8 Å². The van der Waals surface area contributed by atoms with Gasteiger partial charge in [-0.15, -0.1) is 5.10 Å². The van der Waals surface area contributed by atoms with Gasteiger partial charge in [-0.1, -0.05) is 0 Å². The second-order valence-corrected chi connectivity index (χ2v) is 5.98. The Morgan fingerprint density at radius 2 is 2.25 bits per heavy atom. The van der Waals surface area contributed by atoms with Crippen molar-refractivity contribution in [2.75, 3.05) is 0 Å². The van der Waals surface area contributed by atoms with Crippen molar-refractivity contribution in [3.8, 4) is 0 Å². The summed E-state index contributed by atoms with van der Waals surface area (Å²) >= 11 is 4.11. The van der Waals surface area contributed by atoms with E-state index in [-0.39, 0.29) is 22.4 Å². The maximum absolute atomic E-state index is 11.6. The third-order valence-corrected chi connectivity index (χ3v) is 3.78. The van der Waals surface area contributed by atoms with Crippen molar-refractivity contribution in [1.82, 2.24) is 19.7 Å². The maximum Gasteiger partial charge on any atom is 0.344 e. The summed E-state index contributed by atoms with van der Waals surface area (Å²) in [5.74, 6) is 0. The number of hydrogen-bond acceptors (Lipinski definition) is 6. The fraction of sp³-hybridized carbons (Fsp3) is 0.300. The first-order chi connectivity index (χ1) is 9.40. The number of nitrogens with one attached hydrogen (secondary N) is 1. The van der Waals surface area contributed by atoms with Crippen molar-refractivity contribution >= 4 is 33.4 Å². The van der Waals surface area contributed by atoms with E-state index in [2.05, 4.69) is 31.1 Å². The molecular weight excluding hydrogens is 350 g/mol. The molecule has 0 atom stereocenters. The van der Waals surface area contributed by atoms with Crippen LogP contribution in [0.2, 0.25) is 0 Å². The highest BCUT2D eigenvalue weighted by molar-refractivity contribution is 9.10. The first kappa shape index (κ1) is 14.7. The topological polar surface area (TPSA) is 107 Å². The zero-order valence-corrected chi connectivity index (χ0v) is 12.9. The van der Waals surface area contributed by atoms with Crippen LogP contribution in [0.15, 0.2) is 31.7 Å². The van der Waals surface area contributed by atoms with E-state index in [1.165, 1.54) is 16.8 Å². The minimum absolute atomic E-state index is 0.113. The van der Waals surface area contributed by atoms with Crippen LogP contribution in [-0.4, -0.2) is 24.7 Å². The fourth-order valence-corrected chi connectivity index (χ4v) is 2.85. The lowest BCUT2D eigenvalue weighted by atomic mass is 10.4. The molecule has 0 aromatic carbocycles. The Balaban J connectivity index is 2.45. The Hall–Kier alpha value is -1.68. The molecule has 0 bridgehead atoms. The van der Waals surface area contributed by atoms with Gasteiger partial charge in [0.15, 0.2) is 10.2 Å². The minimum atomic E-state index is -0.523. The van der Waals surface area contributed by atoms with Gasteiger partial charge < -0.3 is 0 Å². The normalized spacial score (nSPS) is 11.0. The van der Waals surface area contributed by atoms with Gasteiger partial charge in [-0.05, 0) is 41.5 Å². The number of aromatic amines is 1. The Labute approximate surface area is 125 Å². The van der Waals surface area contributed by atoms with Crippen LogP contribution in [0.25, 0.3) is 0 Å². The molecule has 0 aliphatic heterocycles. The highest BCUT2D eigenvalue weighted by atomic mass is 79.9. The summed E-state index contributed by atoms with van der Waals surface area (Å²) in [7, 11) is 0. The number of rotatable bonds is 4. The summed E-state index contributed by atoms with van der Waals surface area (Å²) in [5.41, 5.74) is -0.502. The molecule has 2 rings (SSSR count).